The molecule has 0 aliphatic rings. The van der Waals surface area contributed by atoms with Crippen molar-refractivity contribution >= 4 is 17.0 Å². The van der Waals surface area contributed by atoms with E-state index in [1.165, 1.54) is 0 Å². The third-order valence-electron chi connectivity index (χ3n) is 3.11. The minimum atomic E-state index is -0.218. The number of aliphatic hydroxyl groups is 1. The van der Waals surface area contributed by atoms with Gasteiger partial charge in [-0.25, -0.2) is 4.98 Å². The minimum absolute atomic E-state index is 0.00940. The Hall–Kier alpha value is -1.59. The predicted octanol–water partition coefficient (Wildman–Crippen LogP) is 3.59. The summed E-state index contributed by atoms with van der Waals surface area (Å²) in [6.45, 7) is 6.40. The van der Waals surface area contributed by atoms with Crippen molar-refractivity contribution in [1.29, 1.82) is 0 Å². The molecule has 1 aromatic carbocycles. The molecule has 1 atom stereocenters. The van der Waals surface area contributed by atoms with E-state index in [0.29, 0.717) is 0 Å². The van der Waals surface area contributed by atoms with E-state index in [-0.39, 0.29) is 18.1 Å². The number of anilines is 1. The number of aromatic nitrogens is 1. The van der Waals surface area contributed by atoms with Gasteiger partial charge in [-0.15, -0.1) is 11.3 Å². The Labute approximate surface area is 129 Å². The van der Waals surface area contributed by atoms with Crippen LogP contribution < -0.4 is 10.1 Å². The topological polar surface area (TPSA) is 54.4 Å². The fourth-order valence-electron chi connectivity index (χ4n) is 1.92. The van der Waals surface area contributed by atoms with Crippen molar-refractivity contribution in [2.24, 2.45) is 0 Å². The summed E-state index contributed by atoms with van der Waals surface area (Å²) in [5.41, 5.74) is 1.80. The van der Waals surface area contributed by atoms with Gasteiger partial charge in [0.15, 0.2) is 0 Å². The van der Waals surface area contributed by atoms with E-state index in [1.807, 2.05) is 29.6 Å². The SMILES string of the molecule is COc1cccc(NC(CO)c2csc(C(C)(C)C)n2)c1. The highest BCUT2D eigenvalue weighted by Crippen LogP contribution is 2.29. The zero-order chi connectivity index (χ0) is 15.5. The molecule has 0 saturated heterocycles. The number of benzene rings is 1. The lowest BCUT2D eigenvalue weighted by atomic mass is 9.98. The Balaban J connectivity index is 2.17. The molecule has 2 N–H and O–H groups in total. The highest BCUT2D eigenvalue weighted by atomic mass is 32.1. The van der Waals surface area contributed by atoms with Gasteiger partial charge < -0.3 is 15.2 Å². The summed E-state index contributed by atoms with van der Waals surface area (Å²) in [5.74, 6) is 0.783. The quantitative estimate of drug-likeness (QED) is 0.886. The van der Waals surface area contributed by atoms with Crippen LogP contribution in [-0.4, -0.2) is 23.8 Å². The second-order valence-electron chi connectivity index (χ2n) is 5.94. The number of hydrogen-bond acceptors (Lipinski definition) is 5. The molecule has 0 radical (unpaired) electrons. The van der Waals surface area contributed by atoms with Gasteiger partial charge in [-0.05, 0) is 12.1 Å². The van der Waals surface area contributed by atoms with Crippen LogP contribution in [0.4, 0.5) is 5.69 Å². The maximum atomic E-state index is 9.65. The van der Waals surface area contributed by atoms with Gasteiger partial charge in [-0.3, -0.25) is 0 Å². The van der Waals surface area contributed by atoms with Crippen LogP contribution >= 0.6 is 11.3 Å². The van der Waals surface area contributed by atoms with E-state index < -0.39 is 0 Å². The van der Waals surface area contributed by atoms with Gasteiger partial charge in [-0.1, -0.05) is 26.8 Å². The lowest BCUT2D eigenvalue weighted by molar-refractivity contribution is 0.274. The standard InChI is InChI=1S/C16H22N2O2S/c1-16(2,3)15-18-14(10-21-15)13(9-19)17-11-6-5-7-12(8-11)20-4/h5-8,10,13,17,19H,9H2,1-4H3. The first-order valence-electron chi connectivity index (χ1n) is 6.91. The summed E-state index contributed by atoms with van der Waals surface area (Å²) in [6, 6.07) is 7.43. The lowest BCUT2D eigenvalue weighted by Gasteiger charge is -2.17. The van der Waals surface area contributed by atoms with Crippen LogP contribution in [-0.2, 0) is 5.41 Å². The first kappa shape index (κ1) is 15.8. The van der Waals surface area contributed by atoms with E-state index >= 15 is 0 Å². The summed E-state index contributed by atoms with van der Waals surface area (Å²) in [5, 5.41) is 16.0. The van der Waals surface area contributed by atoms with Gasteiger partial charge in [0.05, 0.1) is 30.5 Å². The zero-order valence-corrected chi connectivity index (χ0v) is 13.7. The highest BCUT2D eigenvalue weighted by Gasteiger charge is 2.21. The van der Waals surface area contributed by atoms with Crippen LogP contribution in [0.3, 0.4) is 0 Å². The number of aliphatic hydroxyl groups excluding tert-OH is 1. The number of methoxy groups -OCH3 is 1. The maximum absolute atomic E-state index is 9.65. The third-order valence-corrected chi connectivity index (χ3v) is 4.40. The zero-order valence-electron chi connectivity index (χ0n) is 12.9. The van der Waals surface area contributed by atoms with E-state index in [9.17, 15) is 5.11 Å². The van der Waals surface area contributed by atoms with Gasteiger partial charge in [0.1, 0.15) is 5.75 Å². The maximum Gasteiger partial charge on any atom is 0.120 e. The van der Waals surface area contributed by atoms with E-state index in [0.717, 1.165) is 22.1 Å². The van der Waals surface area contributed by atoms with Crippen molar-refractivity contribution in [3.05, 3.63) is 40.3 Å². The van der Waals surface area contributed by atoms with Crippen molar-refractivity contribution in [3.8, 4) is 5.75 Å². The summed E-state index contributed by atoms with van der Waals surface area (Å²) in [4.78, 5) is 4.66. The van der Waals surface area contributed by atoms with Crippen LogP contribution in [0.2, 0.25) is 0 Å². The molecule has 4 nitrogen and oxygen atoms in total. The second kappa shape index (κ2) is 6.45. The molecule has 0 aliphatic carbocycles. The molecule has 0 saturated carbocycles. The van der Waals surface area contributed by atoms with Crippen LogP contribution in [0.15, 0.2) is 29.6 Å². The average Bonchev–Trinajstić information content (AvgIpc) is 2.94. The first-order chi connectivity index (χ1) is 9.94. The fourth-order valence-corrected chi connectivity index (χ4v) is 2.88. The molecule has 2 rings (SSSR count). The molecule has 0 bridgehead atoms. The van der Waals surface area contributed by atoms with Crippen molar-refractivity contribution in [2.75, 3.05) is 19.0 Å². The van der Waals surface area contributed by atoms with Crippen molar-refractivity contribution in [2.45, 2.75) is 32.2 Å². The fraction of sp³-hybridized carbons (Fsp3) is 0.438. The van der Waals surface area contributed by atoms with Crippen molar-refractivity contribution in [3.63, 3.8) is 0 Å². The van der Waals surface area contributed by atoms with Crippen LogP contribution in [0.5, 0.6) is 5.75 Å². The molecule has 0 amide bonds. The monoisotopic (exact) mass is 306 g/mol. The smallest absolute Gasteiger partial charge is 0.120 e. The highest BCUT2D eigenvalue weighted by molar-refractivity contribution is 7.09. The number of nitrogens with zero attached hydrogens (tertiary/aromatic N) is 1. The van der Waals surface area contributed by atoms with Gasteiger partial charge in [0.25, 0.3) is 0 Å². The molecular weight excluding hydrogens is 284 g/mol. The van der Waals surface area contributed by atoms with E-state index in [2.05, 4.69) is 31.1 Å². The Morgan fingerprint density at radius 1 is 1.38 bits per heavy atom. The largest absolute Gasteiger partial charge is 0.497 e. The van der Waals surface area contributed by atoms with Gasteiger partial charge in [0, 0.05) is 22.5 Å². The lowest BCUT2D eigenvalue weighted by Crippen LogP contribution is -2.17. The number of thiazole rings is 1. The molecule has 1 heterocycles. The Morgan fingerprint density at radius 3 is 2.71 bits per heavy atom. The van der Waals surface area contributed by atoms with Gasteiger partial charge in [0.2, 0.25) is 0 Å². The van der Waals surface area contributed by atoms with Crippen molar-refractivity contribution in [1.82, 2.24) is 4.98 Å². The van der Waals surface area contributed by atoms with Gasteiger partial charge in [-0.2, -0.15) is 0 Å². The van der Waals surface area contributed by atoms with E-state index in [1.54, 1.807) is 18.4 Å². The van der Waals surface area contributed by atoms with Crippen LogP contribution in [0, 0.1) is 0 Å². The normalized spacial score (nSPS) is 13.0. The molecule has 0 aliphatic heterocycles. The molecule has 2 aromatic rings. The van der Waals surface area contributed by atoms with Crippen LogP contribution in [0.1, 0.15) is 37.5 Å². The molecule has 1 aromatic heterocycles. The second-order valence-corrected chi connectivity index (χ2v) is 6.80. The summed E-state index contributed by atoms with van der Waals surface area (Å²) in [6.07, 6.45) is 0. The Bertz CT molecular complexity index is 590. The third kappa shape index (κ3) is 3.95. The summed E-state index contributed by atoms with van der Waals surface area (Å²) < 4.78 is 5.21. The van der Waals surface area contributed by atoms with Crippen LogP contribution in [0.25, 0.3) is 0 Å². The molecule has 114 valence electrons. The summed E-state index contributed by atoms with van der Waals surface area (Å²) >= 11 is 1.63. The molecule has 1 unspecified atom stereocenters. The minimum Gasteiger partial charge on any atom is -0.497 e. The molecule has 0 fully saturated rings. The Morgan fingerprint density at radius 2 is 2.14 bits per heavy atom. The Kier molecular flexibility index (Phi) is 4.85. The number of hydrogen-bond donors (Lipinski definition) is 2. The molecule has 0 spiro atoms. The number of nitrogens with one attached hydrogen (secondary N) is 1. The molecule has 5 heteroatoms. The number of ether oxygens (including phenoxy) is 1. The summed E-state index contributed by atoms with van der Waals surface area (Å²) in [7, 11) is 1.64. The number of rotatable bonds is 5. The first-order valence-corrected chi connectivity index (χ1v) is 7.79. The molecular formula is C16H22N2O2S. The van der Waals surface area contributed by atoms with Gasteiger partial charge >= 0.3 is 0 Å². The van der Waals surface area contributed by atoms with E-state index in [4.69, 9.17) is 4.74 Å². The molecule has 21 heavy (non-hydrogen) atoms. The predicted molar refractivity (Wildman–Crippen MR) is 87.3 cm³/mol. The average molecular weight is 306 g/mol. The van der Waals surface area contributed by atoms with Crippen molar-refractivity contribution < 1.29 is 9.84 Å².